The number of methoxy groups -OCH3 is 1. The first-order valence-corrected chi connectivity index (χ1v) is 12.1. The lowest BCUT2D eigenvalue weighted by molar-refractivity contribution is -0.144. The van der Waals surface area contributed by atoms with Gasteiger partial charge >= 0.3 is 23.9 Å². The number of carbonyl (C=O) groups excluding carboxylic acids is 4. The van der Waals surface area contributed by atoms with E-state index in [0.29, 0.717) is 12.0 Å². The molecule has 0 amide bonds. The van der Waals surface area contributed by atoms with Crippen LogP contribution in [0.1, 0.15) is 65.9 Å². The molecule has 9 nitrogen and oxygen atoms in total. The molecule has 1 rings (SSSR count). The Balaban J connectivity index is 2.90. The predicted molar refractivity (Wildman–Crippen MR) is 130 cm³/mol. The molecule has 0 saturated heterocycles. The normalized spacial score (nSPS) is 11.8. The van der Waals surface area contributed by atoms with Gasteiger partial charge in [0, 0.05) is 13.0 Å². The average molecular weight is 494 g/mol. The van der Waals surface area contributed by atoms with Crippen molar-refractivity contribution in [1.82, 2.24) is 5.32 Å². The third kappa shape index (κ3) is 11.4. The van der Waals surface area contributed by atoms with E-state index in [1.54, 1.807) is 39.8 Å². The monoisotopic (exact) mass is 493 g/mol. The summed E-state index contributed by atoms with van der Waals surface area (Å²) in [6.45, 7) is 9.24. The van der Waals surface area contributed by atoms with Crippen LogP contribution in [0.5, 0.6) is 11.5 Å². The van der Waals surface area contributed by atoms with Gasteiger partial charge in [0.15, 0.2) is 11.5 Å². The molecule has 0 aromatic heterocycles. The Morgan fingerprint density at radius 1 is 0.886 bits per heavy atom. The Labute approximate surface area is 207 Å². The summed E-state index contributed by atoms with van der Waals surface area (Å²) in [5.74, 6) is -2.23. The zero-order valence-electron chi connectivity index (χ0n) is 21.7. The number of ether oxygens (including phenoxy) is 4. The summed E-state index contributed by atoms with van der Waals surface area (Å²) in [5, 5.41) is 3.04. The number of rotatable bonds is 15. The van der Waals surface area contributed by atoms with Crippen molar-refractivity contribution < 1.29 is 38.1 Å². The molecule has 0 aliphatic rings. The fourth-order valence-electron chi connectivity index (χ4n) is 2.90. The molecule has 0 aliphatic carbocycles. The zero-order chi connectivity index (χ0) is 26.4. The Morgan fingerprint density at radius 2 is 1.51 bits per heavy atom. The highest BCUT2D eigenvalue weighted by atomic mass is 16.6. The molecule has 1 atom stereocenters. The molecular weight excluding hydrogens is 454 g/mol. The van der Waals surface area contributed by atoms with Crippen LogP contribution in [0.25, 0.3) is 0 Å². The number of unbranched alkanes of at least 4 members (excludes halogenated alkanes) is 2. The van der Waals surface area contributed by atoms with Crippen LogP contribution in [0.4, 0.5) is 0 Å². The maximum atomic E-state index is 12.3. The molecule has 1 aromatic carbocycles. The van der Waals surface area contributed by atoms with Gasteiger partial charge in [-0.05, 0) is 30.5 Å². The second-order valence-electron chi connectivity index (χ2n) is 8.84. The molecule has 0 saturated carbocycles. The Bertz CT molecular complexity index is 850. The van der Waals surface area contributed by atoms with Crippen LogP contribution in [0.3, 0.4) is 0 Å². The van der Waals surface area contributed by atoms with E-state index >= 15 is 0 Å². The summed E-state index contributed by atoms with van der Waals surface area (Å²) < 4.78 is 20.9. The Morgan fingerprint density at radius 3 is 2.09 bits per heavy atom. The smallest absolute Gasteiger partial charge is 0.323 e. The van der Waals surface area contributed by atoms with Gasteiger partial charge in [-0.25, -0.2) is 0 Å². The van der Waals surface area contributed by atoms with E-state index in [-0.39, 0.29) is 48.9 Å². The van der Waals surface area contributed by atoms with Gasteiger partial charge in [0.1, 0.15) is 12.6 Å². The number of carbonyl (C=O) groups is 4. The maximum Gasteiger partial charge on any atom is 0.323 e. The molecular formula is C26H39NO8. The Hall–Kier alpha value is -2.94. The fourth-order valence-corrected chi connectivity index (χ4v) is 2.90. The fraction of sp³-hybridized carbons (Fsp3) is 0.615. The van der Waals surface area contributed by atoms with E-state index in [1.165, 1.54) is 13.2 Å². The first-order valence-electron chi connectivity index (χ1n) is 12.1. The summed E-state index contributed by atoms with van der Waals surface area (Å²) in [6.07, 6.45) is 3.37. The number of nitrogens with one attached hydrogen (secondary N) is 1. The molecule has 0 bridgehead atoms. The summed E-state index contributed by atoms with van der Waals surface area (Å²) in [7, 11) is 1.29. The van der Waals surface area contributed by atoms with Gasteiger partial charge in [0.25, 0.3) is 0 Å². The van der Waals surface area contributed by atoms with Gasteiger partial charge in [-0.3, -0.25) is 19.2 Å². The summed E-state index contributed by atoms with van der Waals surface area (Å²) in [4.78, 5) is 48.3. The second-order valence-corrected chi connectivity index (χ2v) is 8.84. The highest BCUT2D eigenvalue weighted by molar-refractivity contribution is 5.78. The third-order valence-corrected chi connectivity index (χ3v) is 5.04. The van der Waals surface area contributed by atoms with Crippen molar-refractivity contribution in [2.45, 2.75) is 72.8 Å². The van der Waals surface area contributed by atoms with Crippen LogP contribution in [-0.4, -0.2) is 50.2 Å². The molecule has 0 radical (unpaired) electrons. The first-order chi connectivity index (χ1) is 16.6. The van der Waals surface area contributed by atoms with Crippen LogP contribution < -0.4 is 14.8 Å². The third-order valence-electron chi connectivity index (χ3n) is 5.04. The number of benzene rings is 1. The minimum absolute atomic E-state index is 0.0971. The number of esters is 4. The summed E-state index contributed by atoms with van der Waals surface area (Å²) >= 11 is 0. The quantitative estimate of drug-likeness (QED) is 0.222. The van der Waals surface area contributed by atoms with Gasteiger partial charge in [-0.15, -0.1) is 0 Å². The first kappa shape index (κ1) is 30.1. The number of hydrogen-bond acceptors (Lipinski definition) is 9. The van der Waals surface area contributed by atoms with E-state index in [9.17, 15) is 19.2 Å². The second kappa shape index (κ2) is 15.9. The van der Waals surface area contributed by atoms with E-state index in [2.05, 4.69) is 12.2 Å². The van der Waals surface area contributed by atoms with Crippen molar-refractivity contribution in [3.63, 3.8) is 0 Å². The van der Waals surface area contributed by atoms with Crippen molar-refractivity contribution in [2.24, 2.45) is 11.8 Å². The predicted octanol–water partition coefficient (Wildman–Crippen LogP) is 3.61. The van der Waals surface area contributed by atoms with Crippen LogP contribution >= 0.6 is 0 Å². The topological polar surface area (TPSA) is 117 Å². The van der Waals surface area contributed by atoms with Crippen molar-refractivity contribution >= 4 is 23.9 Å². The van der Waals surface area contributed by atoms with Gasteiger partial charge in [0.05, 0.1) is 18.9 Å². The molecule has 0 heterocycles. The van der Waals surface area contributed by atoms with E-state index < -0.39 is 23.9 Å². The maximum absolute atomic E-state index is 12.3. The lowest BCUT2D eigenvalue weighted by Gasteiger charge is -2.18. The summed E-state index contributed by atoms with van der Waals surface area (Å²) in [5.41, 5.74) is 0.653. The molecule has 1 N–H and O–H groups in total. The lowest BCUT2D eigenvalue weighted by atomic mass is 10.0. The van der Waals surface area contributed by atoms with Crippen molar-refractivity contribution in [2.75, 3.05) is 20.3 Å². The minimum atomic E-state index is -0.725. The van der Waals surface area contributed by atoms with Crippen LogP contribution in [0.15, 0.2) is 18.2 Å². The molecule has 196 valence electrons. The standard InChI is InChI=1S/C26H39NO8/c1-7-8-9-10-23(28)33-14-13-27-20(26(31)32-6)15-19-11-12-21(34-24(29)17(2)3)22(16-19)35-25(30)18(4)5/h11-12,16-18,20,27H,7-10,13-15H2,1-6H3/t20-/m0/s1. The van der Waals surface area contributed by atoms with E-state index in [4.69, 9.17) is 18.9 Å². The van der Waals surface area contributed by atoms with Crippen LogP contribution in [0.2, 0.25) is 0 Å². The highest BCUT2D eigenvalue weighted by Gasteiger charge is 2.22. The molecule has 9 heteroatoms. The zero-order valence-corrected chi connectivity index (χ0v) is 21.7. The number of hydrogen-bond donors (Lipinski definition) is 1. The van der Waals surface area contributed by atoms with Crippen molar-refractivity contribution in [1.29, 1.82) is 0 Å². The van der Waals surface area contributed by atoms with Gasteiger partial charge in [-0.1, -0.05) is 53.5 Å². The average Bonchev–Trinajstić information content (AvgIpc) is 2.81. The molecule has 0 spiro atoms. The van der Waals surface area contributed by atoms with Gasteiger partial charge < -0.3 is 24.3 Å². The van der Waals surface area contributed by atoms with E-state index in [1.807, 2.05) is 0 Å². The van der Waals surface area contributed by atoms with Crippen molar-refractivity contribution in [3.05, 3.63) is 23.8 Å². The minimum Gasteiger partial charge on any atom is -0.468 e. The summed E-state index contributed by atoms with van der Waals surface area (Å²) in [6, 6.07) is 4.05. The largest absolute Gasteiger partial charge is 0.468 e. The van der Waals surface area contributed by atoms with Gasteiger partial charge in [0.2, 0.25) is 0 Å². The Kier molecular flexibility index (Phi) is 13.6. The molecule has 0 unspecified atom stereocenters. The molecule has 35 heavy (non-hydrogen) atoms. The highest BCUT2D eigenvalue weighted by Crippen LogP contribution is 2.30. The van der Waals surface area contributed by atoms with E-state index in [0.717, 1.165) is 19.3 Å². The lowest BCUT2D eigenvalue weighted by Crippen LogP contribution is -2.41. The van der Waals surface area contributed by atoms with Crippen LogP contribution in [0, 0.1) is 11.8 Å². The molecule has 0 fully saturated rings. The SMILES string of the molecule is CCCCCC(=O)OCCN[C@@H](Cc1ccc(OC(=O)C(C)C)c(OC(=O)C(C)C)c1)C(=O)OC. The van der Waals surface area contributed by atoms with Crippen LogP contribution in [-0.2, 0) is 35.1 Å². The van der Waals surface area contributed by atoms with Gasteiger partial charge in [-0.2, -0.15) is 0 Å². The molecule has 0 aliphatic heterocycles. The van der Waals surface area contributed by atoms with Crippen molar-refractivity contribution in [3.8, 4) is 11.5 Å². The molecule has 1 aromatic rings.